The number of fused-ring (bicyclic) bond motifs is 1. The van der Waals surface area contributed by atoms with Crippen LogP contribution in [0.25, 0.3) is 22.2 Å². The highest BCUT2D eigenvalue weighted by Gasteiger charge is 2.25. The summed E-state index contributed by atoms with van der Waals surface area (Å²) < 4.78 is 14.5. The van der Waals surface area contributed by atoms with Crippen LogP contribution in [0.2, 0.25) is 0 Å². The molecule has 1 N–H and O–H groups in total. The van der Waals surface area contributed by atoms with Crippen LogP contribution in [-0.4, -0.2) is 61.8 Å². The van der Waals surface area contributed by atoms with Crippen LogP contribution in [0.15, 0.2) is 41.6 Å². The number of piperidine rings is 1. The van der Waals surface area contributed by atoms with E-state index in [2.05, 4.69) is 31.3 Å². The van der Waals surface area contributed by atoms with Crippen LogP contribution < -0.4 is 5.32 Å². The third-order valence-electron chi connectivity index (χ3n) is 6.04. The second kappa shape index (κ2) is 9.32. The van der Waals surface area contributed by atoms with E-state index in [-0.39, 0.29) is 12.6 Å². The Labute approximate surface area is 194 Å². The number of alkyl halides is 1. The van der Waals surface area contributed by atoms with Gasteiger partial charge in [0.1, 0.15) is 18.2 Å². The molecule has 1 amide bonds. The number of halogens is 1. The second-order valence-corrected chi connectivity index (χ2v) is 8.94. The van der Waals surface area contributed by atoms with Crippen molar-refractivity contribution in [3.8, 4) is 11.3 Å². The lowest BCUT2D eigenvalue weighted by atomic mass is 9.86. The Morgan fingerprint density at radius 2 is 2.09 bits per heavy atom. The van der Waals surface area contributed by atoms with Gasteiger partial charge in [0.2, 0.25) is 0 Å². The minimum Gasteiger partial charge on any atom is -0.305 e. The van der Waals surface area contributed by atoms with Crippen molar-refractivity contribution in [1.29, 1.82) is 0 Å². The molecule has 170 valence electrons. The maximum absolute atomic E-state index is 12.8. The lowest BCUT2D eigenvalue weighted by molar-refractivity contribution is 0.102. The topological polar surface area (TPSA) is 88.8 Å². The third kappa shape index (κ3) is 4.62. The Bertz CT molecular complexity index is 1270. The summed E-state index contributed by atoms with van der Waals surface area (Å²) in [5.74, 6) is 0.460. The normalized spacial score (nSPS) is 15.2. The summed E-state index contributed by atoms with van der Waals surface area (Å²) >= 11 is 1.37. The molecule has 1 aliphatic heterocycles. The number of aromatic nitrogens is 5. The average molecular weight is 466 g/mol. The summed E-state index contributed by atoms with van der Waals surface area (Å²) in [5, 5.41) is 9.74. The molecule has 0 unspecified atom stereocenters. The fourth-order valence-corrected chi connectivity index (χ4v) is 4.86. The van der Waals surface area contributed by atoms with Gasteiger partial charge in [0.05, 0.1) is 22.9 Å². The predicted octanol–water partition coefficient (Wildman–Crippen LogP) is 3.89. The fraction of sp³-hybridized carbons (Fsp3) is 0.348. The van der Waals surface area contributed by atoms with Crippen LogP contribution in [0.4, 0.5) is 10.2 Å². The summed E-state index contributed by atoms with van der Waals surface area (Å²) in [4.78, 5) is 28.0. The van der Waals surface area contributed by atoms with E-state index in [1.807, 2.05) is 19.4 Å². The Morgan fingerprint density at radius 1 is 1.24 bits per heavy atom. The zero-order valence-electron chi connectivity index (χ0n) is 18.2. The molecule has 1 aliphatic rings. The van der Waals surface area contributed by atoms with Crippen molar-refractivity contribution in [2.75, 3.05) is 31.6 Å². The molecule has 0 bridgehead atoms. The van der Waals surface area contributed by atoms with Crippen molar-refractivity contribution in [3.63, 3.8) is 0 Å². The molecule has 4 aromatic rings. The molecular formula is C23H24FN7OS. The Balaban J connectivity index is 1.49. The lowest BCUT2D eigenvalue weighted by Gasteiger charge is -2.32. The lowest BCUT2D eigenvalue weighted by Crippen LogP contribution is -2.34. The first-order valence-corrected chi connectivity index (χ1v) is 11.8. The number of rotatable bonds is 6. The number of hydrogen-bond acceptors (Lipinski definition) is 7. The maximum atomic E-state index is 12.8. The number of nitrogens with zero attached hydrogens (tertiary/aromatic N) is 6. The van der Waals surface area contributed by atoms with Gasteiger partial charge in [-0.2, -0.15) is 5.10 Å². The minimum absolute atomic E-state index is 0.299. The van der Waals surface area contributed by atoms with Gasteiger partial charge >= 0.3 is 0 Å². The smallest absolute Gasteiger partial charge is 0.276 e. The van der Waals surface area contributed by atoms with E-state index in [1.165, 1.54) is 11.3 Å². The van der Waals surface area contributed by atoms with Crippen LogP contribution in [0.5, 0.6) is 0 Å². The molecule has 0 atom stereocenters. The van der Waals surface area contributed by atoms with E-state index in [9.17, 15) is 9.18 Å². The highest BCUT2D eigenvalue weighted by molar-refractivity contribution is 7.07. The SMILES string of the molecule is Cn1cc(-c2nc3cc(NC(=O)c4cscn4)ncc3cc2C2CCN(CCF)CC2)cn1. The third-order valence-corrected chi connectivity index (χ3v) is 6.63. The van der Waals surface area contributed by atoms with E-state index in [4.69, 9.17) is 4.98 Å². The van der Waals surface area contributed by atoms with Gasteiger partial charge in [0, 0.05) is 48.4 Å². The summed E-state index contributed by atoms with van der Waals surface area (Å²) in [6.45, 7) is 1.94. The predicted molar refractivity (Wildman–Crippen MR) is 126 cm³/mol. The zero-order chi connectivity index (χ0) is 22.8. The molecule has 0 aliphatic carbocycles. The highest BCUT2D eigenvalue weighted by Crippen LogP contribution is 2.36. The molecule has 8 nitrogen and oxygen atoms in total. The molecule has 10 heteroatoms. The Kier molecular flexibility index (Phi) is 6.10. The molecule has 33 heavy (non-hydrogen) atoms. The van der Waals surface area contributed by atoms with Gasteiger partial charge in [-0.05, 0) is 43.5 Å². The highest BCUT2D eigenvalue weighted by atomic mass is 32.1. The molecule has 1 saturated heterocycles. The van der Waals surface area contributed by atoms with Crippen molar-refractivity contribution >= 4 is 34.0 Å². The molecule has 1 fully saturated rings. The standard InChI is InChI=1S/C23H24FN7OS/c1-30-12-17(11-27-30)22-18(15-2-5-31(6-3-15)7-4-24)8-16-10-25-21(9-19(16)28-22)29-23(32)20-13-33-14-26-20/h8-15H,2-7H2,1H3,(H,25,29,32). The number of amides is 1. The Hall–Kier alpha value is -3.24. The summed E-state index contributed by atoms with van der Waals surface area (Å²) in [7, 11) is 1.88. The molecule has 0 radical (unpaired) electrons. The zero-order valence-corrected chi connectivity index (χ0v) is 19.1. The van der Waals surface area contributed by atoms with Crippen molar-refractivity contribution in [3.05, 3.63) is 52.9 Å². The van der Waals surface area contributed by atoms with Crippen LogP contribution in [0, 0.1) is 0 Å². The van der Waals surface area contributed by atoms with Gasteiger partial charge in [-0.3, -0.25) is 9.48 Å². The number of carbonyl (C=O) groups is 1. The first kappa shape index (κ1) is 21.6. The monoisotopic (exact) mass is 465 g/mol. The number of pyridine rings is 2. The largest absolute Gasteiger partial charge is 0.305 e. The van der Waals surface area contributed by atoms with Gasteiger partial charge in [0.15, 0.2) is 0 Å². The van der Waals surface area contributed by atoms with Crippen LogP contribution in [-0.2, 0) is 7.05 Å². The number of anilines is 1. The molecule has 0 spiro atoms. The molecule has 5 rings (SSSR count). The quantitative estimate of drug-likeness (QED) is 0.465. The van der Waals surface area contributed by atoms with E-state index in [0.717, 1.165) is 53.7 Å². The minimum atomic E-state index is -0.309. The van der Waals surface area contributed by atoms with Gasteiger partial charge in [0.25, 0.3) is 5.91 Å². The van der Waals surface area contributed by atoms with Crippen LogP contribution in [0.3, 0.4) is 0 Å². The molecule has 0 saturated carbocycles. The first-order valence-electron chi connectivity index (χ1n) is 10.9. The number of carbonyl (C=O) groups excluding carboxylic acids is 1. The van der Waals surface area contributed by atoms with Gasteiger partial charge in [-0.25, -0.2) is 19.3 Å². The van der Waals surface area contributed by atoms with Crippen LogP contribution in [0.1, 0.15) is 34.8 Å². The van der Waals surface area contributed by atoms with E-state index in [0.29, 0.717) is 24.0 Å². The molecule has 0 aromatic carbocycles. The maximum Gasteiger partial charge on any atom is 0.276 e. The van der Waals surface area contributed by atoms with Crippen molar-refractivity contribution in [2.45, 2.75) is 18.8 Å². The van der Waals surface area contributed by atoms with E-state index < -0.39 is 0 Å². The number of likely N-dealkylation sites (tertiary alicyclic amines) is 1. The van der Waals surface area contributed by atoms with E-state index in [1.54, 1.807) is 27.8 Å². The van der Waals surface area contributed by atoms with Crippen molar-refractivity contribution in [2.24, 2.45) is 7.05 Å². The fourth-order valence-electron chi connectivity index (χ4n) is 4.33. The van der Waals surface area contributed by atoms with E-state index >= 15 is 0 Å². The number of thiazole rings is 1. The first-order chi connectivity index (χ1) is 16.1. The Morgan fingerprint density at radius 3 is 2.79 bits per heavy atom. The molecule has 5 heterocycles. The van der Waals surface area contributed by atoms with Gasteiger partial charge in [-0.15, -0.1) is 11.3 Å². The number of nitrogens with one attached hydrogen (secondary N) is 1. The molecule has 4 aromatic heterocycles. The van der Waals surface area contributed by atoms with Crippen LogP contribution >= 0.6 is 11.3 Å². The second-order valence-electron chi connectivity index (χ2n) is 8.22. The molecular weight excluding hydrogens is 441 g/mol. The number of aryl methyl sites for hydroxylation is 1. The number of hydrogen-bond donors (Lipinski definition) is 1. The van der Waals surface area contributed by atoms with Crippen molar-refractivity contribution in [1.82, 2.24) is 29.6 Å². The van der Waals surface area contributed by atoms with Gasteiger partial charge < -0.3 is 10.2 Å². The summed E-state index contributed by atoms with van der Waals surface area (Å²) in [5.41, 5.74) is 5.73. The van der Waals surface area contributed by atoms with Crippen molar-refractivity contribution < 1.29 is 9.18 Å². The average Bonchev–Trinajstić information content (AvgIpc) is 3.51. The summed E-state index contributed by atoms with van der Waals surface area (Å²) in [6.07, 6.45) is 7.43. The van der Waals surface area contributed by atoms with Gasteiger partial charge in [-0.1, -0.05) is 0 Å². The summed E-state index contributed by atoms with van der Waals surface area (Å²) in [6, 6.07) is 3.94.